The van der Waals surface area contributed by atoms with Crippen molar-refractivity contribution < 1.29 is 9.59 Å². The van der Waals surface area contributed by atoms with Crippen molar-refractivity contribution in [3.63, 3.8) is 0 Å². The summed E-state index contributed by atoms with van der Waals surface area (Å²) in [5.74, 6) is -0.180. The van der Waals surface area contributed by atoms with Gasteiger partial charge in [-0.1, -0.05) is 36.4 Å². The van der Waals surface area contributed by atoms with Gasteiger partial charge < -0.3 is 16.0 Å². The van der Waals surface area contributed by atoms with Gasteiger partial charge in [0.1, 0.15) is 6.04 Å². The van der Waals surface area contributed by atoms with E-state index in [-0.39, 0.29) is 5.91 Å². The van der Waals surface area contributed by atoms with Gasteiger partial charge in [-0.15, -0.1) is 0 Å². The predicted molar refractivity (Wildman–Crippen MR) is 98.5 cm³/mol. The van der Waals surface area contributed by atoms with E-state index in [9.17, 15) is 9.59 Å². The Morgan fingerprint density at radius 2 is 1.84 bits per heavy atom. The highest BCUT2D eigenvalue weighted by molar-refractivity contribution is 5.98. The van der Waals surface area contributed by atoms with Crippen molar-refractivity contribution in [2.75, 3.05) is 11.9 Å². The van der Waals surface area contributed by atoms with Crippen molar-refractivity contribution in [1.82, 2.24) is 5.32 Å². The van der Waals surface area contributed by atoms with Gasteiger partial charge in [0, 0.05) is 19.2 Å². The lowest BCUT2D eigenvalue weighted by Crippen LogP contribution is -2.50. The van der Waals surface area contributed by atoms with E-state index in [0.29, 0.717) is 6.42 Å². The molecule has 3 N–H and O–H groups in total. The van der Waals surface area contributed by atoms with E-state index in [1.54, 1.807) is 11.9 Å². The SMILES string of the molecule is CN(C(=O)[C@H](Cc1ccccc1)NC(N)=O)c1ccc2c(c1)CCC2. The molecule has 5 heteroatoms. The number of hydrogen-bond acceptors (Lipinski definition) is 2. The van der Waals surface area contributed by atoms with Crippen LogP contribution in [0.2, 0.25) is 0 Å². The molecule has 130 valence electrons. The molecule has 0 aromatic heterocycles. The Hall–Kier alpha value is -2.82. The number of primary amides is 1. The fraction of sp³-hybridized carbons (Fsp3) is 0.300. The molecule has 0 spiro atoms. The van der Waals surface area contributed by atoms with Crippen LogP contribution in [0.15, 0.2) is 48.5 Å². The molecule has 3 amide bonds. The minimum absolute atomic E-state index is 0.180. The Kier molecular flexibility index (Phi) is 5.03. The molecule has 1 aliphatic carbocycles. The van der Waals surface area contributed by atoms with Gasteiger partial charge >= 0.3 is 6.03 Å². The third-order valence-electron chi connectivity index (χ3n) is 4.70. The molecular formula is C20H23N3O2. The number of fused-ring (bicyclic) bond motifs is 1. The number of nitrogens with one attached hydrogen (secondary N) is 1. The van der Waals surface area contributed by atoms with Crippen LogP contribution in [0.5, 0.6) is 0 Å². The Morgan fingerprint density at radius 1 is 1.12 bits per heavy atom. The van der Waals surface area contributed by atoms with Gasteiger partial charge in [0.15, 0.2) is 0 Å². The summed E-state index contributed by atoms with van der Waals surface area (Å²) in [6, 6.07) is 14.3. The van der Waals surface area contributed by atoms with Crippen molar-refractivity contribution in [2.45, 2.75) is 31.7 Å². The number of nitrogens with zero attached hydrogens (tertiary/aromatic N) is 1. The van der Waals surface area contributed by atoms with Crippen molar-refractivity contribution >= 4 is 17.6 Å². The lowest BCUT2D eigenvalue weighted by atomic mass is 10.0. The standard InChI is InChI=1S/C20H23N3O2/c1-23(17-11-10-15-8-5-9-16(15)13-17)19(24)18(22-20(21)25)12-14-6-3-2-4-7-14/h2-4,6-7,10-11,13,18H,5,8-9,12H2,1H3,(H3,21,22,25)/t18-/m0/s1. The van der Waals surface area contributed by atoms with Crippen LogP contribution in [-0.4, -0.2) is 25.0 Å². The van der Waals surface area contributed by atoms with Gasteiger partial charge in [0.2, 0.25) is 5.91 Å². The van der Waals surface area contributed by atoms with Crippen LogP contribution in [0.3, 0.4) is 0 Å². The Balaban J connectivity index is 1.79. The number of aryl methyl sites for hydroxylation is 2. The number of anilines is 1. The fourth-order valence-electron chi connectivity index (χ4n) is 3.35. The Morgan fingerprint density at radius 3 is 2.56 bits per heavy atom. The average Bonchev–Trinajstić information content (AvgIpc) is 3.08. The van der Waals surface area contributed by atoms with Crippen LogP contribution in [0.4, 0.5) is 10.5 Å². The second kappa shape index (κ2) is 7.38. The normalized spacial score (nSPS) is 13.8. The van der Waals surface area contributed by atoms with Gasteiger partial charge in [-0.3, -0.25) is 4.79 Å². The highest BCUT2D eigenvalue weighted by Crippen LogP contribution is 2.26. The molecule has 0 saturated carbocycles. The van der Waals surface area contributed by atoms with E-state index in [1.807, 2.05) is 36.4 Å². The number of amides is 3. The van der Waals surface area contributed by atoms with Crippen molar-refractivity contribution in [3.8, 4) is 0 Å². The highest BCUT2D eigenvalue weighted by Gasteiger charge is 2.25. The molecule has 1 aliphatic rings. The Bertz CT molecular complexity index is 774. The number of carbonyl (C=O) groups is 2. The predicted octanol–water partition coefficient (Wildman–Crippen LogP) is 2.42. The van der Waals surface area contributed by atoms with Crippen LogP contribution < -0.4 is 16.0 Å². The first-order chi connectivity index (χ1) is 12.0. The molecule has 0 fully saturated rings. The summed E-state index contributed by atoms with van der Waals surface area (Å²) in [4.78, 5) is 25.9. The van der Waals surface area contributed by atoms with Gasteiger partial charge in [0.25, 0.3) is 0 Å². The van der Waals surface area contributed by atoms with Gasteiger partial charge in [0.05, 0.1) is 0 Å². The van der Waals surface area contributed by atoms with Crippen molar-refractivity contribution in [1.29, 1.82) is 0 Å². The van der Waals surface area contributed by atoms with E-state index in [1.165, 1.54) is 11.1 Å². The maximum absolute atomic E-state index is 12.9. The van der Waals surface area contributed by atoms with Crippen molar-refractivity contribution in [2.24, 2.45) is 5.73 Å². The lowest BCUT2D eigenvalue weighted by molar-refractivity contribution is -0.120. The first-order valence-corrected chi connectivity index (χ1v) is 8.54. The summed E-state index contributed by atoms with van der Waals surface area (Å²) in [5.41, 5.74) is 9.76. The zero-order valence-corrected chi connectivity index (χ0v) is 14.4. The molecule has 2 aromatic rings. The third kappa shape index (κ3) is 3.99. The van der Waals surface area contributed by atoms with E-state index in [4.69, 9.17) is 5.73 Å². The van der Waals surface area contributed by atoms with Crippen molar-refractivity contribution in [3.05, 3.63) is 65.2 Å². The molecule has 5 nitrogen and oxygen atoms in total. The highest BCUT2D eigenvalue weighted by atomic mass is 16.2. The number of rotatable bonds is 5. The van der Waals surface area contributed by atoms with E-state index in [2.05, 4.69) is 17.4 Å². The first-order valence-electron chi connectivity index (χ1n) is 8.54. The van der Waals surface area contributed by atoms with E-state index < -0.39 is 12.1 Å². The number of likely N-dealkylation sites (N-methyl/N-ethyl adjacent to an activating group) is 1. The maximum atomic E-state index is 12.9. The molecule has 0 unspecified atom stereocenters. The van der Waals surface area contributed by atoms with Gasteiger partial charge in [-0.2, -0.15) is 0 Å². The zero-order valence-electron chi connectivity index (χ0n) is 14.4. The number of urea groups is 1. The average molecular weight is 337 g/mol. The molecule has 0 saturated heterocycles. The second-order valence-corrected chi connectivity index (χ2v) is 6.45. The molecule has 0 radical (unpaired) electrons. The molecule has 0 bridgehead atoms. The summed E-state index contributed by atoms with van der Waals surface area (Å²) >= 11 is 0. The largest absolute Gasteiger partial charge is 0.352 e. The number of benzene rings is 2. The van der Waals surface area contributed by atoms with E-state index in [0.717, 1.165) is 30.5 Å². The monoisotopic (exact) mass is 337 g/mol. The molecule has 0 heterocycles. The lowest BCUT2D eigenvalue weighted by Gasteiger charge is -2.25. The summed E-state index contributed by atoms with van der Waals surface area (Å²) in [6.45, 7) is 0. The van der Waals surface area contributed by atoms with Gasteiger partial charge in [-0.25, -0.2) is 4.79 Å². The molecule has 1 atom stereocenters. The third-order valence-corrected chi connectivity index (χ3v) is 4.70. The second-order valence-electron chi connectivity index (χ2n) is 6.45. The summed E-state index contributed by atoms with van der Waals surface area (Å²) in [5, 5.41) is 2.58. The fourth-order valence-corrected chi connectivity index (χ4v) is 3.35. The Labute approximate surface area is 147 Å². The molecular weight excluding hydrogens is 314 g/mol. The minimum Gasteiger partial charge on any atom is -0.352 e. The quantitative estimate of drug-likeness (QED) is 0.879. The topological polar surface area (TPSA) is 75.4 Å². The summed E-state index contributed by atoms with van der Waals surface area (Å²) in [7, 11) is 1.74. The molecule has 2 aromatic carbocycles. The van der Waals surface area contributed by atoms with E-state index >= 15 is 0 Å². The zero-order chi connectivity index (χ0) is 17.8. The molecule has 25 heavy (non-hydrogen) atoms. The summed E-state index contributed by atoms with van der Waals surface area (Å²) < 4.78 is 0. The maximum Gasteiger partial charge on any atom is 0.312 e. The van der Waals surface area contributed by atoms with Crippen LogP contribution in [0.1, 0.15) is 23.1 Å². The van der Waals surface area contributed by atoms with Gasteiger partial charge in [-0.05, 0) is 48.1 Å². The number of hydrogen-bond donors (Lipinski definition) is 2. The summed E-state index contributed by atoms with van der Waals surface area (Å²) in [6.07, 6.45) is 3.72. The van der Waals surface area contributed by atoms with Crippen LogP contribution in [0.25, 0.3) is 0 Å². The minimum atomic E-state index is -0.698. The number of carbonyl (C=O) groups excluding carboxylic acids is 2. The first kappa shape index (κ1) is 17.0. The smallest absolute Gasteiger partial charge is 0.312 e. The van der Waals surface area contributed by atoms with Crippen LogP contribution >= 0.6 is 0 Å². The molecule has 0 aliphatic heterocycles. The van der Waals surface area contributed by atoms with Crippen LogP contribution in [0, 0.1) is 0 Å². The number of nitrogens with two attached hydrogens (primary N) is 1. The molecule has 3 rings (SSSR count). The van der Waals surface area contributed by atoms with Crippen LogP contribution in [-0.2, 0) is 24.1 Å².